The first-order valence-electron chi connectivity index (χ1n) is 11.4. The largest absolute Gasteiger partial charge is 2.00 e. The second kappa shape index (κ2) is 19.9. The molecule has 0 saturated heterocycles. The number of carbonyl (C=O) groups is 2. The molecule has 0 aliphatic rings. The summed E-state index contributed by atoms with van der Waals surface area (Å²) >= 11 is 9.53. The van der Waals surface area contributed by atoms with E-state index in [4.69, 9.17) is 23.2 Å². The van der Waals surface area contributed by atoms with E-state index in [1.807, 2.05) is 121 Å². The first-order chi connectivity index (χ1) is 18.0. The zero-order valence-electron chi connectivity index (χ0n) is 20.4. The molecule has 4 aromatic carbocycles. The van der Waals surface area contributed by atoms with E-state index in [0.29, 0.717) is 0 Å². The van der Waals surface area contributed by atoms with Gasteiger partial charge in [0.15, 0.2) is 0 Å². The Balaban J connectivity index is 0.000000337. The molecule has 0 radical (unpaired) electrons. The van der Waals surface area contributed by atoms with E-state index in [0.717, 1.165) is 21.2 Å². The van der Waals surface area contributed by atoms with E-state index >= 15 is 0 Å². The molecule has 0 atom stereocenters. The molecule has 9 heteroatoms. The van der Waals surface area contributed by atoms with Gasteiger partial charge in [-0.15, -0.1) is 23.2 Å². The van der Waals surface area contributed by atoms with Crippen LogP contribution in [-0.2, 0) is 30.0 Å². The first kappa shape index (κ1) is 34.0. The molecule has 38 heavy (non-hydrogen) atoms. The third-order valence-electron chi connectivity index (χ3n) is 5.13. The fourth-order valence-electron chi connectivity index (χ4n) is 3.59. The fraction of sp³-hybridized carbons (Fsp3) is 0.103. The van der Waals surface area contributed by atoms with Crippen molar-refractivity contribution >= 4 is 72.2 Å². The molecule has 0 aromatic heterocycles. The molecular weight excluding hydrogens is 652 g/mol. The molecule has 200 valence electrons. The Kier molecular flexibility index (Phi) is 17.8. The van der Waals surface area contributed by atoms with E-state index in [1.54, 1.807) is 0 Å². The molecule has 4 nitrogen and oxygen atoms in total. The Morgan fingerprint density at radius 2 is 0.684 bits per heavy atom. The van der Waals surface area contributed by atoms with Crippen molar-refractivity contribution in [2.75, 3.05) is 17.7 Å². The molecule has 0 N–H and O–H groups in total. The Bertz CT molecular complexity index is 1010. The summed E-state index contributed by atoms with van der Waals surface area (Å²) in [7, 11) is -2.52. The fourth-order valence-corrected chi connectivity index (χ4v) is 8.03. The Morgan fingerprint density at radius 3 is 0.842 bits per heavy atom. The van der Waals surface area contributed by atoms with E-state index in [-0.39, 0.29) is 38.1 Å². The second-order valence-electron chi connectivity index (χ2n) is 7.62. The molecule has 0 spiro atoms. The smallest absolute Gasteiger partial charge is 0.546 e. The zero-order valence-corrected chi connectivity index (χ0v) is 25.4. The number of carboxylic acid groups (broad SMARTS) is 2. The Morgan fingerprint density at radius 1 is 0.500 bits per heavy atom. The van der Waals surface area contributed by atoms with Crippen molar-refractivity contribution in [3.8, 4) is 0 Å². The summed E-state index contributed by atoms with van der Waals surface area (Å²) in [4.78, 5) is 21.7. The maximum Gasteiger partial charge on any atom is 2.00 e. The topological polar surface area (TPSA) is 80.3 Å². The minimum absolute atomic E-state index is 0. The monoisotopic (exact) mass is 678 g/mol. The summed E-state index contributed by atoms with van der Waals surface area (Å²) in [6.45, 7) is 0. The van der Waals surface area contributed by atoms with Gasteiger partial charge in [0.1, 0.15) is 12.3 Å². The summed E-state index contributed by atoms with van der Waals surface area (Å²) in [6, 6.07) is 39.2. The molecule has 0 heterocycles. The van der Waals surface area contributed by atoms with Crippen molar-refractivity contribution in [3.63, 3.8) is 0 Å². The minimum atomic E-state index is -1.26. The van der Waals surface area contributed by atoms with Crippen molar-refractivity contribution < 1.29 is 40.2 Å². The van der Waals surface area contributed by atoms with E-state index in [9.17, 15) is 19.8 Å². The predicted octanol–water partition coefficient (Wildman–Crippen LogP) is 2.62. The van der Waals surface area contributed by atoms with Crippen molar-refractivity contribution in [1.82, 2.24) is 0 Å². The van der Waals surface area contributed by atoms with Gasteiger partial charge in [-0.05, 0) is 48.5 Å². The first-order valence-corrected chi connectivity index (χ1v) is 15.9. The van der Waals surface area contributed by atoms with Crippen LogP contribution in [0.5, 0.6) is 0 Å². The molecule has 0 aliphatic carbocycles. The number of alkyl halides is 2. The molecule has 0 bridgehead atoms. The minimum Gasteiger partial charge on any atom is -0.546 e. The van der Waals surface area contributed by atoms with Crippen LogP contribution < -0.4 is 31.4 Å². The van der Waals surface area contributed by atoms with Crippen LogP contribution in [0.2, 0.25) is 0 Å². The quantitative estimate of drug-likeness (QED) is 0.163. The normalized spacial score (nSPS) is 9.79. The van der Waals surface area contributed by atoms with Crippen LogP contribution in [0.1, 0.15) is 0 Å². The summed E-state index contributed by atoms with van der Waals surface area (Å²) in [5, 5.41) is 26.4. The van der Waals surface area contributed by atoms with Crippen LogP contribution in [0.15, 0.2) is 121 Å². The van der Waals surface area contributed by atoms with Gasteiger partial charge < -0.3 is 19.8 Å². The number of carboxylic acids is 2. The number of carbonyl (C=O) groups excluding carboxylic acids is 2. The number of halogens is 2. The molecule has 4 rings (SSSR count). The van der Waals surface area contributed by atoms with Gasteiger partial charge in [-0.2, -0.15) is 0 Å². The van der Waals surface area contributed by atoms with Crippen LogP contribution in [0, 0.1) is 0 Å². The summed E-state index contributed by atoms with van der Waals surface area (Å²) in [5.74, 6) is -1.96. The SMILES string of the molecule is ClCCl.O=C([O-])C[PH+](c1ccccc1)c1ccccc1.O=C([O-])C[PH+](c1ccccc1)c1ccccc1.[Pd+2]. The zero-order chi connectivity index (χ0) is 26.9. The maximum atomic E-state index is 10.9. The number of aliphatic carboxylic acids is 2. The number of rotatable bonds is 8. The Hall–Kier alpha value is -2.08. The molecule has 0 amide bonds. The molecule has 0 aliphatic heterocycles. The van der Waals surface area contributed by atoms with Crippen LogP contribution in [0.3, 0.4) is 0 Å². The van der Waals surface area contributed by atoms with Gasteiger partial charge in [0.2, 0.25) is 0 Å². The molecular formula is C29H28Cl2O4P2Pd+2. The van der Waals surface area contributed by atoms with E-state index in [1.165, 1.54) is 0 Å². The third-order valence-corrected chi connectivity index (χ3v) is 10.5. The predicted molar refractivity (Wildman–Crippen MR) is 157 cm³/mol. The molecule has 0 fully saturated rings. The summed E-state index contributed by atoms with van der Waals surface area (Å²) < 4.78 is 0. The average molecular weight is 680 g/mol. The molecule has 4 aromatic rings. The van der Waals surface area contributed by atoms with Crippen molar-refractivity contribution in [1.29, 1.82) is 0 Å². The van der Waals surface area contributed by atoms with Gasteiger partial charge in [0.25, 0.3) is 0 Å². The van der Waals surface area contributed by atoms with Gasteiger partial charge >= 0.3 is 20.4 Å². The van der Waals surface area contributed by atoms with Crippen LogP contribution in [0.25, 0.3) is 0 Å². The van der Waals surface area contributed by atoms with E-state index in [2.05, 4.69) is 0 Å². The third kappa shape index (κ3) is 12.6. The maximum absolute atomic E-state index is 10.9. The van der Waals surface area contributed by atoms with Gasteiger partial charge in [-0.25, -0.2) is 0 Å². The second-order valence-corrected chi connectivity index (χ2v) is 13.4. The van der Waals surface area contributed by atoms with Gasteiger partial charge in [0.05, 0.1) is 54.3 Å². The molecule has 0 unspecified atom stereocenters. The van der Waals surface area contributed by atoms with Gasteiger partial charge in [-0.3, -0.25) is 0 Å². The van der Waals surface area contributed by atoms with Gasteiger partial charge in [0, 0.05) is 0 Å². The van der Waals surface area contributed by atoms with E-state index < -0.39 is 27.8 Å². The average Bonchev–Trinajstić information content (AvgIpc) is 2.93. The standard InChI is InChI=1S/2C14H13O2P.CH2Cl2.Pd/c2*15-14(16)11-17(12-7-3-1-4-8-12)13-9-5-2-6-10-13;2-1-3;/h2*1-10H,11H2,(H,15,16);1H2;/q;;;+2. The van der Waals surface area contributed by atoms with Crippen molar-refractivity contribution in [2.45, 2.75) is 0 Å². The summed E-state index contributed by atoms with van der Waals surface area (Å²) in [6.07, 6.45) is 0.220. The Labute approximate surface area is 250 Å². The van der Waals surface area contributed by atoms with Crippen molar-refractivity contribution in [3.05, 3.63) is 121 Å². The van der Waals surface area contributed by atoms with Crippen LogP contribution >= 0.6 is 39.0 Å². The number of hydrogen-bond donors (Lipinski definition) is 0. The van der Waals surface area contributed by atoms with Crippen molar-refractivity contribution in [2.24, 2.45) is 0 Å². The van der Waals surface area contributed by atoms with Crippen LogP contribution in [-0.4, -0.2) is 29.6 Å². The van der Waals surface area contributed by atoms with Crippen LogP contribution in [0.4, 0.5) is 0 Å². The summed E-state index contributed by atoms with van der Waals surface area (Å²) in [5.41, 5.74) is 0. The number of benzene rings is 4. The molecule has 0 saturated carbocycles. The van der Waals surface area contributed by atoms with Gasteiger partial charge in [-0.1, -0.05) is 72.8 Å². The number of hydrogen-bond acceptors (Lipinski definition) is 4.